The van der Waals surface area contributed by atoms with Crippen LogP contribution in [0.15, 0.2) is 70.3 Å². The van der Waals surface area contributed by atoms with Gasteiger partial charge in [0.05, 0.1) is 25.3 Å². The van der Waals surface area contributed by atoms with Gasteiger partial charge in [-0.25, -0.2) is 32.5 Å². The molecule has 17 heteroatoms. The van der Waals surface area contributed by atoms with Gasteiger partial charge in [0, 0.05) is 78.4 Å². The zero-order valence-corrected chi connectivity index (χ0v) is 28.1. The van der Waals surface area contributed by atoms with Crippen molar-refractivity contribution in [2.45, 2.75) is 30.5 Å². The number of carbonyl (C=O) groups excluding carboxylic acids is 2. The third-order valence-corrected chi connectivity index (χ3v) is 10.4. The van der Waals surface area contributed by atoms with E-state index in [-0.39, 0.29) is 29.2 Å². The van der Waals surface area contributed by atoms with Gasteiger partial charge in [0.25, 0.3) is 5.92 Å². The summed E-state index contributed by atoms with van der Waals surface area (Å²) in [4.78, 5) is 54.3. The monoisotopic (exact) mass is 729 g/mol. The van der Waals surface area contributed by atoms with E-state index < -0.39 is 48.7 Å². The lowest BCUT2D eigenvalue weighted by atomic mass is 9.95. The van der Waals surface area contributed by atoms with Crippen molar-refractivity contribution in [2.24, 2.45) is 4.99 Å². The molecule has 4 aliphatic heterocycles. The van der Waals surface area contributed by atoms with Crippen molar-refractivity contribution < 1.29 is 37.4 Å². The number of carboxylic acids is 1. The van der Waals surface area contributed by atoms with Crippen LogP contribution in [0, 0.1) is 5.82 Å². The summed E-state index contributed by atoms with van der Waals surface area (Å²) in [5, 5.41) is 15.3. The molecule has 0 saturated carbocycles. The highest BCUT2D eigenvalue weighted by molar-refractivity contribution is 7.11. The first-order valence-electron chi connectivity index (χ1n) is 15.7. The number of hydrogen-bond donors (Lipinski definition) is 2. The Bertz CT molecular complexity index is 1890. The summed E-state index contributed by atoms with van der Waals surface area (Å²) >= 11 is 7.83. The quantitative estimate of drug-likeness (QED) is 0.325. The number of methoxy groups -OCH3 is 1. The Morgan fingerprint density at radius 2 is 1.88 bits per heavy atom. The number of nitrogens with one attached hydrogen (secondary N) is 1. The minimum atomic E-state index is -3.12. The van der Waals surface area contributed by atoms with E-state index >= 15 is 0 Å². The van der Waals surface area contributed by atoms with Crippen molar-refractivity contribution in [1.29, 1.82) is 0 Å². The van der Waals surface area contributed by atoms with E-state index in [9.17, 15) is 32.7 Å². The molecule has 2 N–H and O–H groups in total. The number of hydrogen-bond acceptors (Lipinski definition) is 10. The summed E-state index contributed by atoms with van der Waals surface area (Å²) in [6, 6.07) is 7.65. The Hall–Kier alpha value is -4.67. The van der Waals surface area contributed by atoms with Crippen molar-refractivity contribution in [1.82, 2.24) is 20.1 Å². The first-order chi connectivity index (χ1) is 23.9. The maximum Gasteiger partial charge on any atom is 0.338 e. The lowest BCUT2D eigenvalue weighted by Gasteiger charge is -2.38. The van der Waals surface area contributed by atoms with E-state index in [0.717, 1.165) is 0 Å². The third-order valence-electron chi connectivity index (χ3n) is 9.29. The number of aromatic nitrogens is 1. The molecule has 50 heavy (non-hydrogen) atoms. The molecule has 3 saturated heterocycles. The number of ether oxygens (including phenoxy) is 1. The predicted octanol–water partition coefficient (Wildman–Crippen LogP) is 4.38. The first kappa shape index (κ1) is 33.8. The number of benzene rings is 2. The second-order valence-electron chi connectivity index (χ2n) is 12.4. The van der Waals surface area contributed by atoms with Crippen molar-refractivity contribution in [2.75, 3.05) is 56.2 Å². The Balaban J connectivity index is 1.11. The summed E-state index contributed by atoms with van der Waals surface area (Å²) < 4.78 is 47.4. The largest absolute Gasteiger partial charge is 0.480 e. The number of thiazole rings is 1. The molecular weight excluding hydrogens is 699 g/mol. The number of fused-ring (bicyclic) bond motifs is 1. The van der Waals surface area contributed by atoms with Crippen LogP contribution in [0.25, 0.3) is 0 Å². The molecule has 0 bridgehead atoms. The molecular formula is C33H31ClF3N7O5S. The summed E-state index contributed by atoms with van der Waals surface area (Å²) in [5.74, 6) is -5.17. The predicted molar refractivity (Wildman–Crippen MR) is 179 cm³/mol. The fourth-order valence-corrected chi connectivity index (χ4v) is 7.81. The summed E-state index contributed by atoms with van der Waals surface area (Å²) in [6.07, 6.45) is 0.867. The Kier molecular flexibility index (Phi) is 8.94. The van der Waals surface area contributed by atoms with Gasteiger partial charge in [-0.2, -0.15) is 0 Å². The lowest BCUT2D eigenvalue weighted by molar-refractivity contribution is -0.139. The highest BCUT2D eigenvalue weighted by atomic mass is 35.5. The summed E-state index contributed by atoms with van der Waals surface area (Å²) in [7, 11) is 1.27. The zero-order chi connectivity index (χ0) is 35.3. The average Bonchev–Trinajstić information content (AvgIpc) is 3.82. The second-order valence-corrected chi connectivity index (χ2v) is 13.7. The number of aliphatic carboxylic acids is 1. The number of aliphatic imine (C=N–C) groups is 1. The Morgan fingerprint density at radius 1 is 1.12 bits per heavy atom. The van der Waals surface area contributed by atoms with Crippen molar-refractivity contribution >= 4 is 58.1 Å². The van der Waals surface area contributed by atoms with Crippen molar-refractivity contribution in [3.05, 3.63) is 86.7 Å². The van der Waals surface area contributed by atoms with E-state index in [1.807, 2.05) is 0 Å². The zero-order valence-electron chi connectivity index (χ0n) is 26.6. The molecule has 1 unspecified atom stereocenters. The van der Waals surface area contributed by atoms with Crippen LogP contribution < -0.4 is 15.1 Å². The standard InChI is InChI=1S/C33H31ClF3N7O5S/c1-49-31(47)26-24(39-28(29-38-8-11-50-29)40-27(26)22-7-2-18(35)12-23(22)34)16-41-9-10-42-21(14-41)15-43(32(42)48)19-3-5-20(6-4-19)44-17-33(36,37)13-25(44)30(45)46/h2-8,11-12,21,25,27H,9-10,13-17H2,1H3,(H,39,40)(H,45,46)/t21-,25?,27-/m0/s1. The Morgan fingerprint density at radius 3 is 2.56 bits per heavy atom. The number of urea groups is 1. The van der Waals surface area contributed by atoms with Gasteiger partial charge in [-0.1, -0.05) is 17.7 Å². The maximum atomic E-state index is 14.1. The molecule has 0 aliphatic carbocycles. The van der Waals surface area contributed by atoms with E-state index in [1.54, 1.807) is 45.6 Å². The van der Waals surface area contributed by atoms with Crippen LogP contribution in [-0.2, 0) is 14.3 Å². The summed E-state index contributed by atoms with van der Waals surface area (Å²) in [6.45, 7) is 1.28. The molecule has 7 rings (SSSR count). The van der Waals surface area contributed by atoms with E-state index in [0.29, 0.717) is 59.7 Å². The highest BCUT2D eigenvalue weighted by Gasteiger charge is 2.48. The molecule has 5 heterocycles. The van der Waals surface area contributed by atoms with E-state index in [1.165, 1.54) is 41.5 Å². The van der Waals surface area contributed by atoms with E-state index in [4.69, 9.17) is 21.3 Å². The molecule has 262 valence electrons. The van der Waals surface area contributed by atoms with Gasteiger partial charge >= 0.3 is 18.0 Å². The molecule has 2 aromatic carbocycles. The molecule has 12 nitrogen and oxygen atoms in total. The van der Waals surface area contributed by atoms with Gasteiger partial charge in [0.15, 0.2) is 10.8 Å². The second kappa shape index (κ2) is 13.2. The SMILES string of the molecule is COC(=O)C1=C(CN2CCN3C(=O)N(c4ccc(N5CC(F)(F)CC5C(=O)O)cc4)C[C@@H]3C2)NC(c2nccs2)=N[C@H]1c1ccc(F)cc1Cl. The number of amidine groups is 1. The minimum absolute atomic E-state index is 0.103. The van der Waals surface area contributed by atoms with Crippen molar-refractivity contribution in [3.8, 4) is 0 Å². The highest BCUT2D eigenvalue weighted by Crippen LogP contribution is 2.39. The summed E-state index contributed by atoms with van der Waals surface area (Å²) in [5.41, 5.74) is 2.05. The number of alkyl halides is 2. The van der Waals surface area contributed by atoms with Crippen LogP contribution in [-0.4, -0.2) is 108 Å². The van der Waals surface area contributed by atoms with Crippen LogP contribution >= 0.6 is 22.9 Å². The van der Waals surface area contributed by atoms with Gasteiger partial charge in [-0.3, -0.25) is 14.8 Å². The van der Waals surface area contributed by atoms with Gasteiger partial charge < -0.3 is 25.0 Å². The molecule has 3 aromatic rings. The van der Waals surface area contributed by atoms with Crippen LogP contribution in [0.2, 0.25) is 5.02 Å². The van der Waals surface area contributed by atoms with Gasteiger partial charge in [0.1, 0.15) is 17.9 Å². The number of carbonyl (C=O) groups is 3. The lowest BCUT2D eigenvalue weighted by Crippen LogP contribution is -2.53. The van der Waals surface area contributed by atoms with E-state index in [2.05, 4.69) is 15.2 Å². The number of nitrogens with zero attached hydrogens (tertiary/aromatic N) is 6. The molecule has 0 spiro atoms. The fourth-order valence-electron chi connectivity index (χ4n) is 6.96. The van der Waals surface area contributed by atoms with Crippen LogP contribution in [0.3, 0.4) is 0 Å². The maximum absolute atomic E-state index is 14.1. The topological polar surface area (TPSA) is 131 Å². The normalized spacial score (nSPS) is 23.5. The fraction of sp³-hybridized carbons (Fsp3) is 0.364. The molecule has 3 atom stereocenters. The number of piperazine rings is 1. The number of amides is 2. The third kappa shape index (κ3) is 6.38. The smallest absolute Gasteiger partial charge is 0.338 e. The molecule has 4 aliphatic rings. The number of halogens is 4. The number of rotatable bonds is 8. The Labute approximate surface area is 293 Å². The first-order valence-corrected chi connectivity index (χ1v) is 17.0. The molecule has 0 radical (unpaired) electrons. The average molecular weight is 730 g/mol. The minimum Gasteiger partial charge on any atom is -0.480 e. The number of carboxylic acid groups (broad SMARTS) is 1. The number of anilines is 2. The van der Waals surface area contributed by atoms with Crippen LogP contribution in [0.1, 0.15) is 23.0 Å². The van der Waals surface area contributed by atoms with Crippen molar-refractivity contribution in [3.63, 3.8) is 0 Å². The van der Waals surface area contributed by atoms with Gasteiger partial charge in [0.2, 0.25) is 0 Å². The van der Waals surface area contributed by atoms with Crippen LogP contribution in [0.4, 0.5) is 29.3 Å². The molecule has 3 fully saturated rings. The van der Waals surface area contributed by atoms with Gasteiger partial charge in [-0.15, -0.1) is 11.3 Å². The van der Waals surface area contributed by atoms with Crippen LogP contribution in [0.5, 0.6) is 0 Å². The molecule has 2 amide bonds. The number of esters is 1. The molecule has 1 aromatic heterocycles. The van der Waals surface area contributed by atoms with Gasteiger partial charge in [-0.05, 0) is 36.4 Å².